The van der Waals surface area contributed by atoms with Crippen molar-refractivity contribution in [2.75, 3.05) is 6.54 Å². The van der Waals surface area contributed by atoms with Crippen molar-refractivity contribution >= 4 is 22.9 Å². The zero-order valence-corrected chi connectivity index (χ0v) is 14.2. The van der Waals surface area contributed by atoms with Gasteiger partial charge in [-0.25, -0.2) is 0 Å². The van der Waals surface area contributed by atoms with Gasteiger partial charge >= 0.3 is 0 Å². The molecule has 1 unspecified atom stereocenters. The zero-order valence-electron chi connectivity index (χ0n) is 12.6. The molecule has 0 fully saturated rings. The number of halogens is 1. The molecule has 20 heavy (non-hydrogen) atoms. The van der Waals surface area contributed by atoms with Crippen molar-refractivity contribution in [3.63, 3.8) is 0 Å². The average molecular weight is 308 g/mol. The van der Waals surface area contributed by atoms with Crippen LogP contribution < -0.4 is 5.32 Å². The van der Waals surface area contributed by atoms with Crippen LogP contribution >= 0.6 is 22.9 Å². The second kappa shape index (κ2) is 6.75. The highest BCUT2D eigenvalue weighted by atomic mass is 35.5. The Morgan fingerprint density at radius 1 is 1.15 bits per heavy atom. The predicted octanol–water partition coefficient (Wildman–Crippen LogP) is 5.42. The minimum atomic E-state index is 0.242. The topological polar surface area (TPSA) is 12.0 Å². The molecule has 2 aromatic rings. The Balaban J connectivity index is 2.41. The van der Waals surface area contributed by atoms with Crippen LogP contribution in [0.3, 0.4) is 0 Å². The van der Waals surface area contributed by atoms with E-state index in [1.807, 2.05) is 0 Å². The van der Waals surface area contributed by atoms with Crippen LogP contribution in [0.4, 0.5) is 0 Å². The molecule has 0 saturated carbocycles. The summed E-state index contributed by atoms with van der Waals surface area (Å²) in [7, 11) is 0. The highest BCUT2D eigenvalue weighted by Gasteiger charge is 2.18. The van der Waals surface area contributed by atoms with E-state index in [1.54, 1.807) is 11.3 Å². The van der Waals surface area contributed by atoms with Crippen molar-refractivity contribution in [3.05, 3.63) is 55.7 Å². The highest BCUT2D eigenvalue weighted by Crippen LogP contribution is 2.35. The molecule has 0 saturated heterocycles. The van der Waals surface area contributed by atoms with E-state index in [0.717, 1.165) is 17.3 Å². The zero-order chi connectivity index (χ0) is 14.7. The van der Waals surface area contributed by atoms with Gasteiger partial charge in [0, 0.05) is 4.88 Å². The van der Waals surface area contributed by atoms with Crippen LogP contribution in [0, 0.1) is 20.8 Å². The molecule has 0 spiro atoms. The van der Waals surface area contributed by atoms with Gasteiger partial charge in [-0.2, -0.15) is 0 Å². The third kappa shape index (κ3) is 3.43. The van der Waals surface area contributed by atoms with Gasteiger partial charge in [-0.05, 0) is 56.5 Å². The van der Waals surface area contributed by atoms with Crippen LogP contribution in [0.25, 0.3) is 0 Å². The number of hydrogen-bond donors (Lipinski definition) is 1. The molecule has 3 heteroatoms. The second-order valence-electron chi connectivity index (χ2n) is 5.35. The Labute approximate surface area is 131 Å². The summed E-state index contributed by atoms with van der Waals surface area (Å²) in [6.07, 6.45) is 1.12. The minimum absolute atomic E-state index is 0.242. The molecule has 0 aliphatic rings. The van der Waals surface area contributed by atoms with Gasteiger partial charge in [-0.3, -0.25) is 0 Å². The number of thiophene rings is 1. The number of rotatable bonds is 5. The standard InChI is InChI=1S/C17H22ClNS/c1-5-8-19-16(15-10-13(4)17(18)20-15)14-7-6-11(2)9-12(14)3/h6-7,9-10,16,19H,5,8H2,1-4H3. The molecule has 1 N–H and O–H groups in total. The molecule has 108 valence electrons. The third-order valence-corrected chi connectivity index (χ3v) is 5.12. The van der Waals surface area contributed by atoms with E-state index in [1.165, 1.54) is 27.1 Å². The smallest absolute Gasteiger partial charge is 0.0961 e. The van der Waals surface area contributed by atoms with E-state index >= 15 is 0 Å². The van der Waals surface area contributed by atoms with Crippen molar-refractivity contribution in [1.82, 2.24) is 5.32 Å². The Kier molecular flexibility index (Phi) is 5.25. The molecule has 2 rings (SSSR count). The van der Waals surface area contributed by atoms with E-state index < -0.39 is 0 Å². The van der Waals surface area contributed by atoms with E-state index in [0.29, 0.717) is 0 Å². The molecule has 1 atom stereocenters. The lowest BCUT2D eigenvalue weighted by molar-refractivity contribution is 0.603. The maximum absolute atomic E-state index is 6.25. The Morgan fingerprint density at radius 2 is 1.90 bits per heavy atom. The second-order valence-corrected chi connectivity index (χ2v) is 7.04. The summed E-state index contributed by atoms with van der Waals surface area (Å²) in [6, 6.07) is 9.12. The molecule has 0 aliphatic carbocycles. The summed E-state index contributed by atoms with van der Waals surface area (Å²) in [5.41, 5.74) is 5.16. The molecule has 1 aromatic carbocycles. The number of aryl methyl sites for hydroxylation is 3. The summed E-state index contributed by atoms with van der Waals surface area (Å²) >= 11 is 7.93. The average Bonchev–Trinajstić information content (AvgIpc) is 2.72. The van der Waals surface area contributed by atoms with Gasteiger partial charge in [0.05, 0.1) is 10.4 Å². The first-order valence-corrected chi connectivity index (χ1v) is 8.28. The molecule has 0 amide bonds. The summed E-state index contributed by atoms with van der Waals surface area (Å²) in [5.74, 6) is 0. The van der Waals surface area contributed by atoms with Gasteiger partial charge in [0.1, 0.15) is 0 Å². The number of hydrogen-bond acceptors (Lipinski definition) is 2. The SMILES string of the molecule is CCCNC(c1cc(C)c(Cl)s1)c1ccc(C)cc1C. The first kappa shape index (κ1) is 15.6. The van der Waals surface area contributed by atoms with Crippen molar-refractivity contribution < 1.29 is 0 Å². The monoisotopic (exact) mass is 307 g/mol. The Hall–Kier alpha value is -0.830. The van der Waals surface area contributed by atoms with Gasteiger partial charge in [0.25, 0.3) is 0 Å². The fourth-order valence-corrected chi connectivity index (χ4v) is 3.74. The fourth-order valence-electron chi connectivity index (χ4n) is 2.43. The lowest BCUT2D eigenvalue weighted by Gasteiger charge is -2.20. The summed E-state index contributed by atoms with van der Waals surface area (Å²) in [5, 5.41) is 3.65. The Morgan fingerprint density at radius 3 is 2.45 bits per heavy atom. The molecule has 0 aliphatic heterocycles. The van der Waals surface area contributed by atoms with E-state index in [4.69, 9.17) is 11.6 Å². The van der Waals surface area contributed by atoms with Gasteiger partial charge in [0.2, 0.25) is 0 Å². The van der Waals surface area contributed by atoms with Crippen LogP contribution in [-0.4, -0.2) is 6.54 Å². The van der Waals surface area contributed by atoms with Crippen LogP contribution in [0.15, 0.2) is 24.3 Å². The molecule has 1 aromatic heterocycles. The molecule has 0 bridgehead atoms. The van der Waals surface area contributed by atoms with Crippen LogP contribution in [0.1, 0.15) is 46.5 Å². The van der Waals surface area contributed by atoms with Crippen molar-refractivity contribution in [3.8, 4) is 0 Å². The van der Waals surface area contributed by atoms with Gasteiger partial charge in [-0.1, -0.05) is 42.3 Å². The van der Waals surface area contributed by atoms with Gasteiger partial charge in [0.15, 0.2) is 0 Å². The molecule has 0 radical (unpaired) electrons. The van der Waals surface area contributed by atoms with Crippen molar-refractivity contribution in [2.45, 2.75) is 40.2 Å². The summed E-state index contributed by atoms with van der Waals surface area (Å²) in [4.78, 5) is 1.30. The van der Waals surface area contributed by atoms with Crippen molar-refractivity contribution in [2.24, 2.45) is 0 Å². The normalized spacial score (nSPS) is 12.7. The highest BCUT2D eigenvalue weighted by molar-refractivity contribution is 7.16. The summed E-state index contributed by atoms with van der Waals surface area (Å²) < 4.78 is 0.896. The largest absolute Gasteiger partial charge is 0.306 e. The van der Waals surface area contributed by atoms with Crippen LogP contribution in [0.2, 0.25) is 4.34 Å². The minimum Gasteiger partial charge on any atom is -0.306 e. The van der Waals surface area contributed by atoms with E-state index in [-0.39, 0.29) is 6.04 Å². The molecule has 1 heterocycles. The maximum Gasteiger partial charge on any atom is 0.0961 e. The molecular formula is C17H22ClNS. The first-order valence-electron chi connectivity index (χ1n) is 7.09. The van der Waals surface area contributed by atoms with Gasteiger partial charge < -0.3 is 5.32 Å². The molecule has 1 nitrogen and oxygen atoms in total. The quantitative estimate of drug-likeness (QED) is 0.778. The lowest BCUT2D eigenvalue weighted by Crippen LogP contribution is -2.23. The Bertz CT molecular complexity index is 569. The third-order valence-electron chi connectivity index (χ3n) is 3.50. The van der Waals surface area contributed by atoms with Gasteiger partial charge in [-0.15, -0.1) is 11.3 Å². The van der Waals surface area contributed by atoms with Crippen molar-refractivity contribution in [1.29, 1.82) is 0 Å². The van der Waals surface area contributed by atoms with E-state index in [2.05, 4.69) is 57.3 Å². The first-order chi connectivity index (χ1) is 9.52. The maximum atomic E-state index is 6.25. The fraction of sp³-hybridized carbons (Fsp3) is 0.412. The molecular weight excluding hydrogens is 286 g/mol. The number of benzene rings is 1. The number of nitrogens with one attached hydrogen (secondary N) is 1. The van der Waals surface area contributed by atoms with Crippen LogP contribution in [-0.2, 0) is 0 Å². The summed E-state index contributed by atoms with van der Waals surface area (Å²) in [6.45, 7) is 9.59. The van der Waals surface area contributed by atoms with E-state index in [9.17, 15) is 0 Å². The van der Waals surface area contributed by atoms with Crippen LogP contribution in [0.5, 0.6) is 0 Å². The lowest BCUT2D eigenvalue weighted by atomic mass is 9.97. The predicted molar refractivity (Wildman–Crippen MR) is 90.1 cm³/mol.